The predicted octanol–water partition coefficient (Wildman–Crippen LogP) is 4.30. The lowest BCUT2D eigenvalue weighted by Crippen LogP contribution is -2.27. The smallest absolute Gasteiger partial charge is 0.349 e. The number of carbonyl (C=O) groups excluding carboxylic acids is 4. The Balaban J connectivity index is 2.02. The maximum absolute atomic E-state index is 12.4. The first-order valence-corrected chi connectivity index (χ1v) is 11.1. The van der Waals surface area contributed by atoms with Gasteiger partial charge in [-0.05, 0) is 38.0 Å². The molecule has 0 aliphatic rings. The van der Waals surface area contributed by atoms with E-state index in [1.165, 1.54) is 18.4 Å². The molecule has 0 bridgehead atoms. The number of hydrogen-bond donors (Lipinski definition) is 2. The normalized spacial score (nSPS) is 11.1. The molecule has 0 saturated carbocycles. The second-order valence-corrected chi connectivity index (χ2v) is 10.2. The van der Waals surface area contributed by atoms with Gasteiger partial charge < -0.3 is 20.1 Å². The maximum Gasteiger partial charge on any atom is 0.349 e. The Kier molecular flexibility index (Phi) is 7.61. The fourth-order valence-corrected chi connectivity index (χ4v) is 4.49. The number of thiophene rings is 2. The van der Waals surface area contributed by atoms with Gasteiger partial charge in [-0.25, -0.2) is 9.59 Å². The molecule has 2 aromatic heterocycles. The van der Waals surface area contributed by atoms with Crippen LogP contribution in [0.5, 0.6) is 0 Å². The number of anilines is 2. The molecule has 0 aromatic carbocycles. The fraction of sp³-hybridized carbons (Fsp3) is 0.429. The van der Waals surface area contributed by atoms with Crippen LogP contribution in [0.3, 0.4) is 0 Å². The van der Waals surface area contributed by atoms with Crippen LogP contribution in [0.15, 0.2) is 6.07 Å². The van der Waals surface area contributed by atoms with Crippen LogP contribution >= 0.6 is 22.7 Å². The molecule has 0 spiro atoms. The van der Waals surface area contributed by atoms with Crippen molar-refractivity contribution in [1.82, 2.24) is 0 Å². The Hall–Kier alpha value is -2.72. The molecular formula is C21H26N2O6S2. The number of esters is 2. The summed E-state index contributed by atoms with van der Waals surface area (Å²) in [6.07, 6.45) is 0. The Morgan fingerprint density at radius 1 is 1.00 bits per heavy atom. The zero-order valence-electron chi connectivity index (χ0n) is 18.6. The van der Waals surface area contributed by atoms with Gasteiger partial charge in [-0.1, -0.05) is 20.8 Å². The molecule has 0 aliphatic carbocycles. The van der Waals surface area contributed by atoms with E-state index in [2.05, 4.69) is 10.6 Å². The highest BCUT2D eigenvalue weighted by Crippen LogP contribution is 2.33. The van der Waals surface area contributed by atoms with E-state index in [1.54, 1.807) is 40.7 Å². The molecule has 0 aliphatic heterocycles. The summed E-state index contributed by atoms with van der Waals surface area (Å²) in [7, 11) is 1.27. The SMILES string of the molecule is COC(=O)c1c(NC(=O)COC(=O)c2sc(NC(=O)C(C)(C)C)cc2C)sc(C)c1C. The second kappa shape index (κ2) is 9.61. The average Bonchev–Trinajstić information content (AvgIpc) is 3.17. The number of hydrogen-bond acceptors (Lipinski definition) is 8. The third kappa shape index (κ3) is 5.92. The van der Waals surface area contributed by atoms with Gasteiger partial charge >= 0.3 is 11.9 Å². The lowest BCUT2D eigenvalue weighted by Gasteiger charge is -2.16. The van der Waals surface area contributed by atoms with E-state index < -0.39 is 29.9 Å². The molecule has 2 heterocycles. The highest BCUT2D eigenvalue weighted by atomic mass is 32.1. The van der Waals surface area contributed by atoms with Crippen LogP contribution in [-0.4, -0.2) is 37.5 Å². The van der Waals surface area contributed by atoms with Gasteiger partial charge in [0.25, 0.3) is 5.91 Å². The number of rotatable bonds is 6. The van der Waals surface area contributed by atoms with Gasteiger partial charge in [-0.15, -0.1) is 22.7 Å². The number of ether oxygens (including phenoxy) is 2. The average molecular weight is 467 g/mol. The molecule has 2 amide bonds. The Morgan fingerprint density at radius 3 is 2.23 bits per heavy atom. The summed E-state index contributed by atoms with van der Waals surface area (Å²) in [5.41, 5.74) is 1.08. The first-order valence-electron chi connectivity index (χ1n) is 9.42. The Labute approximate surface area is 188 Å². The minimum atomic E-state index is -0.666. The standard InChI is InChI=1S/C21H26N2O6S2/c1-10-8-14(23-20(27)21(4,5)6)31-16(10)19(26)29-9-13(24)22-17-15(18(25)28-7)11(2)12(3)30-17/h8H,9H2,1-7H3,(H,22,24)(H,23,27). The van der Waals surface area contributed by atoms with Crippen molar-refractivity contribution >= 4 is 56.4 Å². The van der Waals surface area contributed by atoms with Gasteiger partial charge in [0.05, 0.1) is 17.7 Å². The molecule has 2 aromatic rings. The summed E-state index contributed by atoms with van der Waals surface area (Å²) in [5, 5.41) is 6.26. The van der Waals surface area contributed by atoms with Crippen molar-refractivity contribution in [3.8, 4) is 0 Å². The van der Waals surface area contributed by atoms with Crippen molar-refractivity contribution in [2.45, 2.75) is 41.5 Å². The molecule has 2 N–H and O–H groups in total. The molecule has 2 rings (SSSR count). The van der Waals surface area contributed by atoms with E-state index in [4.69, 9.17) is 9.47 Å². The summed E-state index contributed by atoms with van der Waals surface area (Å²) in [6.45, 7) is 10.2. The number of aryl methyl sites for hydroxylation is 2. The maximum atomic E-state index is 12.4. The lowest BCUT2D eigenvalue weighted by atomic mass is 9.96. The summed E-state index contributed by atoms with van der Waals surface area (Å²) < 4.78 is 9.90. The highest BCUT2D eigenvalue weighted by molar-refractivity contribution is 7.18. The first-order chi connectivity index (χ1) is 14.3. The third-order valence-corrected chi connectivity index (χ3v) is 6.64. The predicted molar refractivity (Wildman–Crippen MR) is 121 cm³/mol. The molecule has 10 heteroatoms. The lowest BCUT2D eigenvalue weighted by molar-refractivity contribution is -0.123. The number of carbonyl (C=O) groups is 4. The molecular weight excluding hydrogens is 440 g/mol. The monoisotopic (exact) mass is 466 g/mol. The van der Waals surface area contributed by atoms with Crippen molar-refractivity contribution in [2.75, 3.05) is 24.4 Å². The summed E-state index contributed by atoms with van der Waals surface area (Å²) in [5.74, 6) is -1.96. The van der Waals surface area contributed by atoms with Crippen molar-refractivity contribution < 1.29 is 28.7 Å². The van der Waals surface area contributed by atoms with Crippen LogP contribution < -0.4 is 10.6 Å². The molecule has 0 fully saturated rings. The van der Waals surface area contributed by atoms with Gasteiger partial charge in [-0.3, -0.25) is 9.59 Å². The number of nitrogens with one attached hydrogen (secondary N) is 2. The fourth-order valence-electron chi connectivity index (χ4n) is 2.47. The van der Waals surface area contributed by atoms with Crippen molar-refractivity contribution in [3.05, 3.63) is 32.5 Å². The molecule has 0 saturated heterocycles. The van der Waals surface area contributed by atoms with E-state index in [0.717, 1.165) is 21.8 Å². The van der Waals surface area contributed by atoms with Gasteiger partial charge in [0.2, 0.25) is 5.91 Å². The number of amides is 2. The van der Waals surface area contributed by atoms with Gasteiger partial charge in [-0.2, -0.15) is 0 Å². The van der Waals surface area contributed by atoms with Crippen LogP contribution in [0.25, 0.3) is 0 Å². The van der Waals surface area contributed by atoms with E-state index >= 15 is 0 Å². The zero-order valence-corrected chi connectivity index (χ0v) is 20.2. The van der Waals surface area contributed by atoms with Crippen LogP contribution in [0.2, 0.25) is 0 Å². The molecule has 31 heavy (non-hydrogen) atoms. The summed E-state index contributed by atoms with van der Waals surface area (Å²) >= 11 is 2.33. The van der Waals surface area contributed by atoms with E-state index in [0.29, 0.717) is 20.4 Å². The Bertz CT molecular complexity index is 1030. The van der Waals surface area contributed by atoms with E-state index in [9.17, 15) is 19.2 Å². The molecule has 8 nitrogen and oxygen atoms in total. The second-order valence-electron chi connectivity index (χ2n) is 7.93. The van der Waals surface area contributed by atoms with Gasteiger partial charge in [0.15, 0.2) is 6.61 Å². The molecule has 0 radical (unpaired) electrons. The van der Waals surface area contributed by atoms with Gasteiger partial charge in [0, 0.05) is 10.3 Å². The minimum Gasteiger partial charge on any atom is -0.465 e. The number of methoxy groups -OCH3 is 1. The van der Waals surface area contributed by atoms with Crippen LogP contribution in [0, 0.1) is 26.2 Å². The Morgan fingerprint density at radius 2 is 1.65 bits per heavy atom. The summed E-state index contributed by atoms with van der Waals surface area (Å²) in [4.78, 5) is 50.0. The molecule has 168 valence electrons. The van der Waals surface area contributed by atoms with Crippen molar-refractivity contribution in [3.63, 3.8) is 0 Å². The van der Waals surface area contributed by atoms with E-state index in [1.807, 2.05) is 6.92 Å². The topological polar surface area (TPSA) is 111 Å². The third-order valence-electron chi connectivity index (χ3n) is 4.38. The van der Waals surface area contributed by atoms with Gasteiger partial charge in [0.1, 0.15) is 9.88 Å². The quantitative estimate of drug-likeness (QED) is 0.614. The van der Waals surface area contributed by atoms with Crippen molar-refractivity contribution in [1.29, 1.82) is 0 Å². The first kappa shape index (κ1) is 24.5. The molecule has 0 atom stereocenters. The minimum absolute atomic E-state index is 0.170. The van der Waals surface area contributed by atoms with Crippen LogP contribution in [0.4, 0.5) is 10.0 Å². The van der Waals surface area contributed by atoms with Crippen LogP contribution in [0.1, 0.15) is 56.8 Å². The summed E-state index contributed by atoms with van der Waals surface area (Å²) in [6, 6.07) is 1.69. The van der Waals surface area contributed by atoms with Crippen molar-refractivity contribution in [2.24, 2.45) is 5.41 Å². The highest BCUT2D eigenvalue weighted by Gasteiger charge is 2.24. The largest absolute Gasteiger partial charge is 0.465 e. The molecule has 0 unspecified atom stereocenters. The zero-order chi connectivity index (χ0) is 23.5. The van der Waals surface area contributed by atoms with E-state index in [-0.39, 0.29) is 11.5 Å². The van der Waals surface area contributed by atoms with Crippen LogP contribution in [-0.2, 0) is 19.1 Å².